The molecule has 0 aliphatic carbocycles. The predicted octanol–water partition coefficient (Wildman–Crippen LogP) is 3.02. The van der Waals surface area contributed by atoms with Gasteiger partial charge >= 0.3 is 0 Å². The minimum absolute atomic E-state index is 0.155. The number of nitrogens with one attached hydrogen (secondary N) is 1. The van der Waals surface area contributed by atoms with Gasteiger partial charge in [-0.3, -0.25) is 0 Å². The highest BCUT2D eigenvalue weighted by Gasteiger charge is 2.20. The van der Waals surface area contributed by atoms with Crippen LogP contribution in [0.5, 0.6) is 0 Å². The molecule has 2 unspecified atom stereocenters. The van der Waals surface area contributed by atoms with Gasteiger partial charge in [-0.05, 0) is 36.6 Å². The van der Waals surface area contributed by atoms with Crippen molar-refractivity contribution in [3.8, 4) is 0 Å². The van der Waals surface area contributed by atoms with Gasteiger partial charge in [-0.2, -0.15) is 0 Å². The molecule has 2 atom stereocenters. The van der Waals surface area contributed by atoms with E-state index in [9.17, 15) is 13.9 Å². The zero-order valence-corrected chi connectivity index (χ0v) is 11.1. The molecule has 0 aliphatic rings. The van der Waals surface area contributed by atoms with Crippen LogP contribution >= 0.6 is 0 Å². The van der Waals surface area contributed by atoms with Crippen LogP contribution in [0.15, 0.2) is 18.2 Å². The monoisotopic (exact) mass is 257 g/mol. The van der Waals surface area contributed by atoms with Crippen LogP contribution in [0, 0.1) is 17.6 Å². The van der Waals surface area contributed by atoms with E-state index in [1.807, 2.05) is 6.92 Å². The Balaban J connectivity index is 2.76. The largest absolute Gasteiger partial charge is 0.387 e. The standard InChI is InChI=1S/C14H21F2NO/c1-4-13(17-8-9(2)3)14(18)10-5-6-11(15)12(16)7-10/h5-7,9,13-14,17-18H,4,8H2,1-3H3. The van der Waals surface area contributed by atoms with Crippen molar-refractivity contribution in [2.24, 2.45) is 5.92 Å². The Morgan fingerprint density at radius 3 is 2.39 bits per heavy atom. The lowest BCUT2D eigenvalue weighted by molar-refractivity contribution is 0.124. The molecule has 0 radical (unpaired) electrons. The molecule has 0 aliphatic heterocycles. The van der Waals surface area contributed by atoms with E-state index >= 15 is 0 Å². The van der Waals surface area contributed by atoms with Crippen LogP contribution in [-0.4, -0.2) is 17.7 Å². The van der Waals surface area contributed by atoms with Crippen LogP contribution in [0.2, 0.25) is 0 Å². The van der Waals surface area contributed by atoms with Crippen molar-refractivity contribution in [1.29, 1.82) is 0 Å². The highest BCUT2D eigenvalue weighted by Crippen LogP contribution is 2.21. The van der Waals surface area contributed by atoms with Crippen LogP contribution in [-0.2, 0) is 0 Å². The third-order valence-electron chi connectivity index (χ3n) is 2.89. The van der Waals surface area contributed by atoms with E-state index in [2.05, 4.69) is 19.2 Å². The summed E-state index contributed by atoms with van der Waals surface area (Å²) < 4.78 is 25.9. The maximum absolute atomic E-state index is 13.1. The van der Waals surface area contributed by atoms with Gasteiger partial charge in [-0.25, -0.2) is 8.78 Å². The van der Waals surface area contributed by atoms with E-state index in [0.29, 0.717) is 17.9 Å². The van der Waals surface area contributed by atoms with E-state index in [1.54, 1.807) is 0 Å². The molecule has 1 rings (SSSR count). The second-order valence-electron chi connectivity index (χ2n) is 4.94. The maximum Gasteiger partial charge on any atom is 0.159 e. The van der Waals surface area contributed by atoms with Gasteiger partial charge in [0.1, 0.15) is 0 Å². The lowest BCUT2D eigenvalue weighted by atomic mass is 9.99. The van der Waals surface area contributed by atoms with E-state index < -0.39 is 17.7 Å². The Kier molecular flexibility index (Phi) is 5.69. The lowest BCUT2D eigenvalue weighted by Gasteiger charge is -2.24. The first-order valence-corrected chi connectivity index (χ1v) is 6.32. The molecule has 0 amide bonds. The van der Waals surface area contributed by atoms with Crippen LogP contribution in [0.25, 0.3) is 0 Å². The van der Waals surface area contributed by atoms with Crippen molar-refractivity contribution >= 4 is 0 Å². The summed E-state index contributed by atoms with van der Waals surface area (Å²) in [6.45, 7) is 6.87. The zero-order valence-electron chi connectivity index (χ0n) is 11.1. The number of hydrogen-bond donors (Lipinski definition) is 2. The molecular weight excluding hydrogens is 236 g/mol. The van der Waals surface area contributed by atoms with Gasteiger partial charge in [0.05, 0.1) is 6.10 Å². The average molecular weight is 257 g/mol. The SMILES string of the molecule is CCC(NCC(C)C)C(O)c1ccc(F)c(F)c1. The Morgan fingerprint density at radius 2 is 1.89 bits per heavy atom. The van der Waals surface area contributed by atoms with Crippen LogP contribution in [0.1, 0.15) is 38.9 Å². The van der Waals surface area contributed by atoms with Gasteiger partial charge in [0, 0.05) is 6.04 Å². The molecule has 0 saturated heterocycles. The molecule has 0 fully saturated rings. The third-order valence-corrected chi connectivity index (χ3v) is 2.89. The van der Waals surface area contributed by atoms with E-state index in [0.717, 1.165) is 18.7 Å². The second kappa shape index (κ2) is 6.81. The first-order valence-electron chi connectivity index (χ1n) is 6.32. The second-order valence-corrected chi connectivity index (χ2v) is 4.94. The summed E-state index contributed by atoms with van der Waals surface area (Å²) in [6.07, 6.45) is -0.115. The number of hydrogen-bond acceptors (Lipinski definition) is 2. The Hall–Kier alpha value is -1.00. The molecule has 2 nitrogen and oxygen atoms in total. The first-order chi connectivity index (χ1) is 8.45. The van der Waals surface area contributed by atoms with Crippen LogP contribution in [0.3, 0.4) is 0 Å². The summed E-state index contributed by atoms with van der Waals surface area (Å²) in [5.74, 6) is -1.35. The number of aliphatic hydroxyl groups is 1. The third kappa shape index (κ3) is 4.03. The van der Waals surface area contributed by atoms with Gasteiger partial charge in [0.15, 0.2) is 11.6 Å². The summed E-state index contributed by atoms with van der Waals surface area (Å²) in [7, 11) is 0. The molecule has 1 aromatic rings. The smallest absolute Gasteiger partial charge is 0.159 e. The van der Waals surface area contributed by atoms with Crippen LogP contribution < -0.4 is 5.32 Å². The molecule has 0 spiro atoms. The Bertz CT molecular complexity index is 382. The van der Waals surface area contributed by atoms with Crippen molar-refractivity contribution in [2.75, 3.05) is 6.54 Å². The van der Waals surface area contributed by atoms with Crippen LogP contribution in [0.4, 0.5) is 8.78 Å². The lowest BCUT2D eigenvalue weighted by Crippen LogP contribution is -2.36. The first kappa shape index (κ1) is 15.1. The van der Waals surface area contributed by atoms with Gasteiger partial charge in [-0.1, -0.05) is 26.8 Å². The summed E-state index contributed by atoms with van der Waals surface area (Å²) >= 11 is 0. The topological polar surface area (TPSA) is 32.3 Å². The number of rotatable bonds is 6. The van der Waals surface area contributed by atoms with Gasteiger partial charge in [0.2, 0.25) is 0 Å². The molecule has 0 heterocycles. The fourth-order valence-corrected chi connectivity index (χ4v) is 1.79. The molecule has 2 N–H and O–H groups in total. The van der Waals surface area contributed by atoms with Crippen molar-refractivity contribution in [2.45, 2.75) is 39.3 Å². The average Bonchev–Trinajstić information content (AvgIpc) is 2.32. The summed E-state index contributed by atoms with van der Waals surface area (Å²) in [5, 5.41) is 13.4. The van der Waals surface area contributed by atoms with E-state index in [-0.39, 0.29) is 6.04 Å². The molecule has 18 heavy (non-hydrogen) atoms. The number of benzene rings is 1. The summed E-state index contributed by atoms with van der Waals surface area (Å²) in [4.78, 5) is 0. The van der Waals surface area contributed by atoms with Gasteiger partial charge < -0.3 is 10.4 Å². The van der Waals surface area contributed by atoms with Gasteiger partial charge in [0.25, 0.3) is 0 Å². The van der Waals surface area contributed by atoms with E-state index in [1.165, 1.54) is 6.07 Å². The van der Waals surface area contributed by atoms with Gasteiger partial charge in [-0.15, -0.1) is 0 Å². The fourth-order valence-electron chi connectivity index (χ4n) is 1.79. The molecule has 0 aromatic heterocycles. The van der Waals surface area contributed by atoms with Crippen molar-refractivity contribution in [3.05, 3.63) is 35.4 Å². The Morgan fingerprint density at radius 1 is 1.22 bits per heavy atom. The maximum atomic E-state index is 13.1. The highest BCUT2D eigenvalue weighted by molar-refractivity contribution is 5.21. The Labute approximate surface area is 107 Å². The highest BCUT2D eigenvalue weighted by atomic mass is 19.2. The number of aliphatic hydroxyl groups excluding tert-OH is 1. The van der Waals surface area contributed by atoms with Crippen molar-refractivity contribution in [1.82, 2.24) is 5.32 Å². The quantitative estimate of drug-likeness (QED) is 0.821. The summed E-state index contributed by atoms with van der Waals surface area (Å²) in [5.41, 5.74) is 0.400. The molecule has 1 aromatic carbocycles. The predicted molar refractivity (Wildman–Crippen MR) is 68.2 cm³/mol. The molecular formula is C14H21F2NO. The molecule has 4 heteroatoms. The molecule has 102 valence electrons. The molecule has 0 saturated carbocycles. The van der Waals surface area contributed by atoms with Crippen molar-refractivity contribution in [3.63, 3.8) is 0 Å². The zero-order chi connectivity index (χ0) is 13.7. The normalized spacial score (nSPS) is 14.8. The minimum Gasteiger partial charge on any atom is -0.387 e. The fraction of sp³-hybridized carbons (Fsp3) is 0.571. The minimum atomic E-state index is -0.926. The van der Waals surface area contributed by atoms with E-state index in [4.69, 9.17) is 0 Å². The summed E-state index contributed by atoms with van der Waals surface area (Å²) in [6, 6.07) is 3.36. The number of halogens is 2. The van der Waals surface area contributed by atoms with Crippen molar-refractivity contribution < 1.29 is 13.9 Å². The molecule has 0 bridgehead atoms.